The summed E-state index contributed by atoms with van der Waals surface area (Å²) in [7, 11) is 0. The Morgan fingerprint density at radius 2 is 1.72 bits per heavy atom. The van der Waals surface area contributed by atoms with Crippen LogP contribution in [-0.2, 0) is 9.59 Å². The lowest BCUT2D eigenvalue weighted by Crippen LogP contribution is -2.40. The molecule has 1 heterocycles. The van der Waals surface area contributed by atoms with Gasteiger partial charge in [0.2, 0.25) is 11.8 Å². The zero-order valence-electron chi connectivity index (χ0n) is 17.3. The first kappa shape index (κ1) is 21.1. The van der Waals surface area contributed by atoms with Gasteiger partial charge in [-0.25, -0.2) is 0 Å². The fourth-order valence-corrected chi connectivity index (χ4v) is 4.01. The lowest BCUT2D eigenvalue weighted by molar-refractivity contribution is -0.131. The molecule has 0 radical (unpaired) electrons. The number of hydrogen-bond acceptors (Lipinski definition) is 4. The number of rotatable bonds is 7. The minimum Gasteiger partial charge on any atom is -0.376 e. The van der Waals surface area contributed by atoms with E-state index < -0.39 is 0 Å². The third-order valence-corrected chi connectivity index (χ3v) is 5.76. The van der Waals surface area contributed by atoms with Gasteiger partial charge in [-0.1, -0.05) is 19.3 Å². The molecule has 0 aromatic heterocycles. The highest BCUT2D eigenvalue weighted by atomic mass is 16.2. The van der Waals surface area contributed by atoms with E-state index in [2.05, 4.69) is 16.0 Å². The predicted molar refractivity (Wildman–Crippen MR) is 113 cm³/mol. The molecule has 1 aliphatic heterocycles. The minimum atomic E-state index is -0.226. The maximum absolute atomic E-state index is 12.5. The number of likely N-dealkylation sites (tertiary alicyclic amines) is 1. The van der Waals surface area contributed by atoms with Crippen LogP contribution < -0.4 is 16.0 Å². The van der Waals surface area contributed by atoms with E-state index in [9.17, 15) is 14.4 Å². The molecule has 1 saturated carbocycles. The molecule has 1 aromatic rings. The molecule has 7 nitrogen and oxygen atoms in total. The number of nitrogens with zero attached hydrogens (tertiary/aromatic N) is 1. The summed E-state index contributed by atoms with van der Waals surface area (Å²) in [6.45, 7) is 3.61. The quantitative estimate of drug-likeness (QED) is 0.655. The van der Waals surface area contributed by atoms with E-state index in [1.165, 1.54) is 19.3 Å². The smallest absolute Gasteiger partial charge is 0.251 e. The van der Waals surface area contributed by atoms with E-state index >= 15 is 0 Å². The molecule has 3 amide bonds. The van der Waals surface area contributed by atoms with Gasteiger partial charge in [0, 0.05) is 30.4 Å². The minimum absolute atomic E-state index is 0.0274. The zero-order chi connectivity index (χ0) is 20.6. The summed E-state index contributed by atoms with van der Waals surface area (Å²) in [5, 5.41) is 8.88. The maximum Gasteiger partial charge on any atom is 0.251 e. The molecule has 0 bridgehead atoms. The van der Waals surface area contributed by atoms with Crippen LogP contribution >= 0.6 is 0 Å². The number of carbonyl (C=O) groups is 3. The summed E-state index contributed by atoms with van der Waals surface area (Å²) in [4.78, 5) is 38.3. The second-order valence-electron chi connectivity index (χ2n) is 8.06. The van der Waals surface area contributed by atoms with E-state index in [0.717, 1.165) is 50.0 Å². The number of nitrogens with one attached hydrogen (secondary N) is 3. The Bertz CT molecular complexity index is 738. The summed E-state index contributed by atoms with van der Waals surface area (Å²) in [5.41, 5.74) is 2.35. The van der Waals surface area contributed by atoms with Crippen molar-refractivity contribution in [2.24, 2.45) is 0 Å². The first-order chi connectivity index (χ1) is 14.0. The van der Waals surface area contributed by atoms with Gasteiger partial charge in [-0.2, -0.15) is 0 Å². The average Bonchev–Trinajstić information content (AvgIpc) is 3.27. The van der Waals surface area contributed by atoms with Crippen LogP contribution in [0.25, 0.3) is 0 Å². The van der Waals surface area contributed by atoms with E-state index in [4.69, 9.17) is 0 Å². The molecule has 7 heteroatoms. The van der Waals surface area contributed by atoms with E-state index in [0.29, 0.717) is 5.56 Å². The van der Waals surface area contributed by atoms with Crippen molar-refractivity contribution >= 4 is 23.4 Å². The summed E-state index contributed by atoms with van der Waals surface area (Å²) < 4.78 is 0. The normalized spacial score (nSPS) is 17.1. The van der Waals surface area contributed by atoms with Crippen molar-refractivity contribution in [3.63, 3.8) is 0 Å². The lowest BCUT2D eigenvalue weighted by Gasteiger charge is -2.23. The van der Waals surface area contributed by atoms with Crippen molar-refractivity contribution in [3.8, 4) is 0 Å². The van der Waals surface area contributed by atoms with Crippen molar-refractivity contribution < 1.29 is 14.4 Å². The molecular weight excluding hydrogens is 368 g/mol. The third-order valence-electron chi connectivity index (χ3n) is 5.76. The molecule has 2 fully saturated rings. The molecule has 3 rings (SSSR count). The second kappa shape index (κ2) is 10.3. The van der Waals surface area contributed by atoms with Gasteiger partial charge in [0.1, 0.15) is 0 Å². The Morgan fingerprint density at radius 3 is 2.41 bits per heavy atom. The fourth-order valence-electron chi connectivity index (χ4n) is 4.01. The molecule has 29 heavy (non-hydrogen) atoms. The Morgan fingerprint density at radius 1 is 1.00 bits per heavy atom. The number of anilines is 1. The van der Waals surface area contributed by atoms with Gasteiger partial charge in [0.25, 0.3) is 5.91 Å². The van der Waals surface area contributed by atoms with Crippen LogP contribution in [0, 0.1) is 6.92 Å². The van der Waals surface area contributed by atoms with Crippen molar-refractivity contribution in [2.75, 3.05) is 31.5 Å². The van der Waals surface area contributed by atoms with Gasteiger partial charge in [0.15, 0.2) is 0 Å². The zero-order valence-corrected chi connectivity index (χ0v) is 17.3. The van der Waals surface area contributed by atoms with Crippen molar-refractivity contribution in [2.45, 2.75) is 57.9 Å². The van der Waals surface area contributed by atoms with Crippen molar-refractivity contribution in [1.29, 1.82) is 0 Å². The third kappa shape index (κ3) is 6.21. The van der Waals surface area contributed by atoms with Crippen LogP contribution in [0.5, 0.6) is 0 Å². The summed E-state index contributed by atoms with van der Waals surface area (Å²) in [6, 6.07) is 5.73. The largest absolute Gasteiger partial charge is 0.376 e. The van der Waals surface area contributed by atoms with Crippen LogP contribution in [-0.4, -0.2) is 54.8 Å². The van der Waals surface area contributed by atoms with Gasteiger partial charge in [-0.05, 0) is 56.4 Å². The monoisotopic (exact) mass is 400 g/mol. The number of benzene rings is 1. The molecular formula is C22H32N4O3. The summed E-state index contributed by atoms with van der Waals surface area (Å²) >= 11 is 0. The Hall–Kier alpha value is -2.57. The highest BCUT2D eigenvalue weighted by molar-refractivity contribution is 5.95. The molecule has 0 atom stereocenters. The van der Waals surface area contributed by atoms with Gasteiger partial charge in [-0.3, -0.25) is 14.4 Å². The summed E-state index contributed by atoms with van der Waals surface area (Å²) in [6.07, 6.45) is 7.80. The van der Waals surface area contributed by atoms with Crippen LogP contribution in [0.1, 0.15) is 60.9 Å². The standard InChI is InChI=1S/C22H32N4O3/c1-16-13-17(22(29)25-18-7-3-2-4-8-18)9-10-19(16)23-14-20(27)24-15-21(28)26-11-5-6-12-26/h9-10,13,18,23H,2-8,11-12,14-15H2,1H3,(H,24,27)(H,25,29). The first-order valence-corrected chi connectivity index (χ1v) is 10.7. The van der Waals surface area contributed by atoms with Gasteiger partial charge in [-0.15, -0.1) is 0 Å². The molecule has 1 aliphatic carbocycles. The molecule has 0 unspecified atom stereocenters. The molecule has 3 N–H and O–H groups in total. The van der Waals surface area contributed by atoms with Gasteiger partial charge < -0.3 is 20.9 Å². The second-order valence-corrected chi connectivity index (χ2v) is 8.06. The highest BCUT2D eigenvalue weighted by Gasteiger charge is 2.19. The Balaban J connectivity index is 1.44. The van der Waals surface area contributed by atoms with E-state index in [1.807, 2.05) is 19.1 Å². The Labute approximate surface area is 172 Å². The number of aryl methyl sites for hydroxylation is 1. The lowest BCUT2D eigenvalue weighted by atomic mass is 9.95. The molecule has 158 valence electrons. The number of amides is 3. The molecule has 1 saturated heterocycles. The maximum atomic E-state index is 12.5. The highest BCUT2D eigenvalue weighted by Crippen LogP contribution is 2.19. The van der Waals surface area contributed by atoms with Crippen LogP contribution in [0.3, 0.4) is 0 Å². The molecule has 1 aromatic carbocycles. The van der Waals surface area contributed by atoms with E-state index in [1.54, 1.807) is 11.0 Å². The number of carbonyl (C=O) groups excluding carboxylic acids is 3. The van der Waals surface area contributed by atoms with Crippen molar-refractivity contribution in [1.82, 2.24) is 15.5 Å². The van der Waals surface area contributed by atoms with Crippen molar-refractivity contribution in [3.05, 3.63) is 29.3 Å². The topological polar surface area (TPSA) is 90.5 Å². The van der Waals surface area contributed by atoms with Crippen LogP contribution in [0.15, 0.2) is 18.2 Å². The Kier molecular flexibility index (Phi) is 7.49. The van der Waals surface area contributed by atoms with Gasteiger partial charge >= 0.3 is 0 Å². The fraction of sp³-hybridized carbons (Fsp3) is 0.591. The van der Waals surface area contributed by atoms with Crippen LogP contribution in [0.4, 0.5) is 5.69 Å². The summed E-state index contributed by atoms with van der Waals surface area (Å²) in [5.74, 6) is -0.291. The van der Waals surface area contributed by atoms with Gasteiger partial charge in [0.05, 0.1) is 13.1 Å². The SMILES string of the molecule is Cc1cc(C(=O)NC2CCCCC2)ccc1NCC(=O)NCC(=O)N1CCCC1. The first-order valence-electron chi connectivity index (χ1n) is 10.7. The van der Waals surface area contributed by atoms with E-state index in [-0.39, 0.29) is 36.9 Å². The predicted octanol–water partition coefficient (Wildman–Crippen LogP) is 2.21. The molecule has 0 spiro atoms. The number of hydrogen-bond donors (Lipinski definition) is 3. The average molecular weight is 401 g/mol. The van der Waals surface area contributed by atoms with Crippen LogP contribution in [0.2, 0.25) is 0 Å². The molecule has 2 aliphatic rings.